The quantitative estimate of drug-likeness (QED) is 0.648. The fourth-order valence-electron chi connectivity index (χ4n) is 1.46. The maximum absolute atomic E-state index is 11.8. The number of carboxylic acids is 1. The standard InChI is InChI=1S/C12H13ClO4/c1-7-5-8(3-4-10(7)17-2)12(16)9(13)6-11(14)15/h3-5,9H,6H2,1-2H3,(H,14,15). The molecule has 0 aliphatic rings. The molecule has 0 fully saturated rings. The van der Waals surface area contributed by atoms with E-state index in [1.165, 1.54) is 0 Å². The molecule has 1 aromatic rings. The Labute approximate surface area is 104 Å². The summed E-state index contributed by atoms with van der Waals surface area (Å²) in [6.45, 7) is 1.80. The van der Waals surface area contributed by atoms with E-state index in [0.29, 0.717) is 11.3 Å². The zero-order valence-electron chi connectivity index (χ0n) is 9.57. The molecular weight excluding hydrogens is 244 g/mol. The van der Waals surface area contributed by atoms with Crippen LogP contribution in [-0.2, 0) is 4.79 Å². The topological polar surface area (TPSA) is 63.6 Å². The minimum Gasteiger partial charge on any atom is -0.496 e. The number of aliphatic carboxylic acids is 1. The third-order valence-electron chi connectivity index (χ3n) is 2.32. The lowest BCUT2D eigenvalue weighted by Gasteiger charge is -2.09. The predicted molar refractivity (Wildman–Crippen MR) is 64.0 cm³/mol. The second-order valence-electron chi connectivity index (χ2n) is 3.61. The molecule has 0 radical (unpaired) electrons. The number of benzene rings is 1. The summed E-state index contributed by atoms with van der Waals surface area (Å²) in [4.78, 5) is 22.3. The third kappa shape index (κ3) is 3.46. The van der Waals surface area contributed by atoms with E-state index in [-0.39, 0.29) is 12.2 Å². The summed E-state index contributed by atoms with van der Waals surface area (Å²) in [5, 5.41) is 7.52. The molecule has 0 aromatic heterocycles. The van der Waals surface area contributed by atoms with Gasteiger partial charge in [-0.15, -0.1) is 11.6 Å². The fraction of sp³-hybridized carbons (Fsp3) is 0.333. The maximum atomic E-state index is 11.8. The number of carbonyl (C=O) groups is 2. The first-order valence-electron chi connectivity index (χ1n) is 5.00. The van der Waals surface area contributed by atoms with Gasteiger partial charge in [0.25, 0.3) is 0 Å². The zero-order chi connectivity index (χ0) is 13.0. The number of halogens is 1. The Bertz CT molecular complexity index is 442. The van der Waals surface area contributed by atoms with Crippen molar-refractivity contribution in [1.82, 2.24) is 0 Å². The van der Waals surface area contributed by atoms with Crippen molar-refractivity contribution in [2.45, 2.75) is 18.7 Å². The molecule has 0 saturated carbocycles. The van der Waals surface area contributed by atoms with Crippen LogP contribution >= 0.6 is 11.6 Å². The lowest BCUT2D eigenvalue weighted by molar-refractivity contribution is -0.136. The van der Waals surface area contributed by atoms with Crippen LogP contribution in [0.2, 0.25) is 0 Å². The summed E-state index contributed by atoms with van der Waals surface area (Å²) in [5.74, 6) is -0.811. The lowest BCUT2D eigenvalue weighted by Crippen LogP contribution is -2.18. The van der Waals surface area contributed by atoms with Gasteiger partial charge in [0.05, 0.1) is 13.5 Å². The van der Waals surface area contributed by atoms with E-state index < -0.39 is 11.3 Å². The number of hydrogen-bond donors (Lipinski definition) is 1. The largest absolute Gasteiger partial charge is 0.496 e. The molecule has 17 heavy (non-hydrogen) atoms. The van der Waals surface area contributed by atoms with E-state index in [2.05, 4.69) is 0 Å². The van der Waals surface area contributed by atoms with Crippen LogP contribution in [0.3, 0.4) is 0 Å². The van der Waals surface area contributed by atoms with Crippen molar-refractivity contribution in [1.29, 1.82) is 0 Å². The van der Waals surface area contributed by atoms with E-state index in [0.717, 1.165) is 5.56 Å². The van der Waals surface area contributed by atoms with Gasteiger partial charge in [0.1, 0.15) is 11.1 Å². The molecule has 0 aliphatic carbocycles. The highest BCUT2D eigenvalue weighted by Gasteiger charge is 2.20. The van der Waals surface area contributed by atoms with Crippen molar-refractivity contribution >= 4 is 23.4 Å². The summed E-state index contributed by atoms with van der Waals surface area (Å²) in [6.07, 6.45) is -0.383. The van der Waals surface area contributed by atoms with Crippen molar-refractivity contribution in [2.75, 3.05) is 7.11 Å². The lowest BCUT2D eigenvalue weighted by atomic mass is 10.0. The van der Waals surface area contributed by atoms with Gasteiger partial charge in [-0.3, -0.25) is 9.59 Å². The van der Waals surface area contributed by atoms with E-state index in [4.69, 9.17) is 21.4 Å². The highest BCUT2D eigenvalue weighted by atomic mass is 35.5. The van der Waals surface area contributed by atoms with Crippen molar-refractivity contribution < 1.29 is 19.4 Å². The Kier molecular flexibility index (Phi) is 4.52. The van der Waals surface area contributed by atoms with Crippen molar-refractivity contribution in [3.63, 3.8) is 0 Å². The van der Waals surface area contributed by atoms with Crippen molar-refractivity contribution in [3.05, 3.63) is 29.3 Å². The van der Waals surface area contributed by atoms with E-state index in [1.54, 1.807) is 32.2 Å². The first-order chi connectivity index (χ1) is 7.95. The Hall–Kier alpha value is -1.55. The summed E-state index contributed by atoms with van der Waals surface area (Å²) in [6, 6.07) is 4.87. The molecule has 1 unspecified atom stereocenters. The average molecular weight is 257 g/mol. The highest BCUT2D eigenvalue weighted by Crippen LogP contribution is 2.20. The van der Waals surface area contributed by atoms with Crippen LogP contribution in [0, 0.1) is 6.92 Å². The smallest absolute Gasteiger partial charge is 0.305 e. The Morgan fingerprint density at radius 1 is 1.47 bits per heavy atom. The highest BCUT2D eigenvalue weighted by molar-refractivity contribution is 6.34. The van der Waals surface area contributed by atoms with Gasteiger partial charge in [-0.2, -0.15) is 0 Å². The van der Waals surface area contributed by atoms with Gasteiger partial charge in [0, 0.05) is 5.56 Å². The number of aryl methyl sites for hydroxylation is 1. The number of rotatable bonds is 5. The van der Waals surface area contributed by atoms with Gasteiger partial charge in [0.15, 0.2) is 5.78 Å². The second kappa shape index (κ2) is 5.68. The van der Waals surface area contributed by atoms with E-state index in [9.17, 15) is 9.59 Å². The van der Waals surface area contributed by atoms with Gasteiger partial charge in [-0.05, 0) is 30.7 Å². The van der Waals surface area contributed by atoms with E-state index in [1.807, 2.05) is 0 Å². The number of Topliss-reactive ketones (excluding diaryl/α,β-unsaturated/α-hetero) is 1. The summed E-state index contributed by atoms with van der Waals surface area (Å²) in [5.41, 5.74) is 1.20. The molecule has 1 atom stereocenters. The third-order valence-corrected chi connectivity index (χ3v) is 2.67. The van der Waals surface area contributed by atoms with Crippen molar-refractivity contribution in [2.24, 2.45) is 0 Å². The normalized spacial score (nSPS) is 11.9. The Morgan fingerprint density at radius 3 is 2.59 bits per heavy atom. The first-order valence-corrected chi connectivity index (χ1v) is 5.44. The van der Waals surface area contributed by atoms with Crippen LogP contribution in [0.4, 0.5) is 0 Å². The first kappa shape index (κ1) is 13.5. The van der Waals surface area contributed by atoms with Crippen LogP contribution in [0.25, 0.3) is 0 Å². The minimum atomic E-state index is -1.09. The average Bonchev–Trinajstić information content (AvgIpc) is 2.27. The molecule has 4 nitrogen and oxygen atoms in total. The van der Waals surface area contributed by atoms with Crippen LogP contribution in [0.15, 0.2) is 18.2 Å². The van der Waals surface area contributed by atoms with Crippen LogP contribution < -0.4 is 4.74 Å². The zero-order valence-corrected chi connectivity index (χ0v) is 10.3. The molecule has 92 valence electrons. The minimum absolute atomic E-state index is 0.383. The molecule has 0 amide bonds. The fourth-order valence-corrected chi connectivity index (χ4v) is 1.72. The molecule has 0 saturated heterocycles. The second-order valence-corrected chi connectivity index (χ2v) is 4.14. The number of carbonyl (C=O) groups excluding carboxylic acids is 1. The van der Waals surface area contributed by atoms with Gasteiger partial charge >= 0.3 is 5.97 Å². The molecular formula is C12H13ClO4. The Morgan fingerprint density at radius 2 is 2.12 bits per heavy atom. The molecule has 1 N–H and O–H groups in total. The number of methoxy groups -OCH3 is 1. The van der Waals surface area contributed by atoms with Gasteiger partial charge in [-0.1, -0.05) is 0 Å². The van der Waals surface area contributed by atoms with Crippen LogP contribution in [0.5, 0.6) is 5.75 Å². The Balaban J connectivity index is 2.89. The van der Waals surface area contributed by atoms with Gasteiger partial charge in [-0.25, -0.2) is 0 Å². The van der Waals surface area contributed by atoms with Crippen LogP contribution in [0.1, 0.15) is 22.3 Å². The molecule has 0 spiro atoms. The monoisotopic (exact) mass is 256 g/mol. The SMILES string of the molecule is COc1ccc(C(=O)C(Cl)CC(=O)O)cc1C. The number of ketones is 1. The molecule has 1 aromatic carbocycles. The number of carboxylic acid groups (broad SMARTS) is 1. The summed E-state index contributed by atoms with van der Waals surface area (Å²) < 4.78 is 5.07. The number of alkyl halides is 1. The van der Waals surface area contributed by atoms with Gasteiger partial charge < -0.3 is 9.84 Å². The molecule has 0 heterocycles. The predicted octanol–water partition coefficient (Wildman–Crippen LogP) is 2.27. The molecule has 0 bridgehead atoms. The summed E-state index contributed by atoms with van der Waals surface area (Å²) >= 11 is 5.73. The summed E-state index contributed by atoms with van der Waals surface area (Å²) in [7, 11) is 1.54. The molecule has 5 heteroatoms. The van der Waals surface area contributed by atoms with Crippen molar-refractivity contribution in [3.8, 4) is 5.75 Å². The molecule has 0 aliphatic heterocycles. The maximum Gasteiger partial charge on any atom is 0.305 e. The van der Waals surface area contributed by atoms with E-state index >= 15 is 0 Å². The number of hydrogen-bond acceptors (Lipinski definition) is 3. The number of ether oxygens (including phenoxy) is 1. The van der Waals surface area contributed by atoms with Gasteiger partial charge in [0.2, 0.25) is 0 Å². The van der Waals surface area contributed by atoms with Crippen LogP contribution in [-0.4, -0.2) is 29.3 Å². The molecule has 1 rings (SSSR count).